The van der Waals surface area contributed by atoms with Gasteiger partial charge in [0.1, 0.15) is 0 Å². The van der Waals surface area contributed by atoms with E-state index in [1.165, 1.54) is 12.2 Å². The summed E-state index contributed by atoms with van der Waals surface area (Å²) in [6.45, 7) is 0. The summed E-state index contributed by atoms with van der Waals surface area (Å²) in [7, 11) is -2.51. The van der Waals surface area contributed by atoms with Crippen LogP contribution in [0.15, 0.2) is 8.80 Å². The number of carboxylic acids is 2. The number of isocyanates is 2. The Kier molecular flexibility index (Phi) is 26.4. The van der Waals surface area contributed by atoms with Gasteiger partial charge < -0.3 is 20.0 Å². The monoisotopic (exact) mass is 376 g/mol. The SMILES string of the molecule is O=C(O)C(=O)O.O=C=NSSSN=C=O.O=P([O-])(O)F.[Li+]. The summed E-state index contributed by atoms with van der Waals surface area (Å²) in [6.07, 6.45) is 2.62. The first kappa shape index (κ1) is 28.6. The number of carbonyl (C=O) groups excluding carboxylic acids is 2. The molecule has 0 bridgehead atoms. The van der Waals surface area contributed by atoms with Crippen molar-refractivity contribution in [3.8, 4) is 0 Å². The molecule has 0 aliphatic carbocycles. The van der Waals surface area contributed by atoms with E-state index in [9.17, 15) is 13.8 Å². The first-order valence-corrected chi connectivity index (χ1v) is 8.26. The molecule has 3 N–H and O–H groups in total. The van der Waals surface area contributed by atoms with Crippen LogP contribution in [-0.4, -0.2) is 39.2 Å². The third kappa shape index (κ3) is 66.4. The van der Waals surface area contributed by atoms with Crippen LogP contribution >= 0.6 is 39.7 Å². The predicted molar refractivity (Wildman–Crippen MR) is 65.2 cm³/mol. The van der Waals surface area contributed by atoms with Gasteiger partial charge in [-0.15, -0.1) is 8.80 Å². The zero-order chi connectivity index (χ0) is 16.6. The second-order valence-corrected chi connectivity index (χ2v) is 5.87. The smallest absolute Gasteiger partial charge is 0.753 e. The van der Waals surface area contributed by atoms with Crippen LogP contribution in [0, 0.1) is 0 Å². The molecule has 1 atom stereocenters. The Morgan fingerprint density at radius 2 is 1.33 bits per heavy atom. The predicted octanol–water partition coefficient (Wildman–Crippen LogP) is -2.91. The standard InChI is InChI=1S/C2N2O2S3.C2H2O4.FH2O3P.Li/c5-1-3-7-9-8-4-2-6;3-1(4)2(5)6;1-5(2,3)4;/h;(H,3,4)(H,5,6);(H2,2,3,4);/q;;;+1/p-1. The average Bonchev–Trinajstić information content (AvgIpc) is 2.27. The molecular formula is C4H3FLiN2O9PS3. The van der Waals surface area contributed by atoms with Crippen LogP contribution in [0.25, 0.3) is 0 Å². The summed E-state index contributed by atoms with van der Waals surface area (Å²) in [5.41, 5.74) is 0. The average molecular weight is 376 g/mol. The van der Waals surface area contributed by atoms with Crippen molar-refractivity contribution in [2.45, 2.75) is 0 Å². The molecular weight excluding hydrogens is 373 g/mol. The van der Waals surface area contributed by atoms with Crippen molar-refractivity contribution in [1.29, 1.82) is 0 Å². The normalized spacial score (nSPS) is 10.2. The van der Waals surface area contributed by atoms with Crippen molar-refractivity contribution in [2.75, 3.05) is 0 Å². The maximum Gasteiger partial charge on any atom is 1.00 e. The van der Waals surface area contributed by atoms with E-state index >= 15 is 0 Å². The molecule has 0 aromatic carbocycles. The maximum absolute atomic E-state index is 10.2. The first-order valence-electron chi connectivity index (χ1n) is 3.39. The molecule has 0 saturated heterocycles. The number of rotatable bonds is 4. The molecule has 11 nitrogen and oxygen atoms in total. The van der Waals surface area contributed by atoms with Gasteiger partial charge in [0.05, 0.1) is 22.0 Å². The van der Waals surface area contributed by atoms with Gasteiger partial charge in [-0.05, 0) is 0 Å². The quantitative estimate of drug-likeness (QED) is 0.0663. The van der Waals surface area contributed by atoms with Gasteiger partial charge in [0.25, 0.3) is 0 Å². The minimum atomic E-state index is -5.39. The Labute approximate surface area is 139 Å². The molecule has 21 heavy (non-hydrogen) atoms. The topological polar surface area (TPSA) is 194 Å². The minimum Gasteiger partial charge on any atom is -0.753 e. The molecule has 0 rings (SSSR count). The van der Waals surface area contributed by atoms with Crippen LogP contribution in [0.1, 0.15) is 0 Å². The summed E-state index contributed by atoms with van der Waals surface area (Å²) in [6, 6.07) is 0. The summed E-state index contributed by atoms with van der Waals surface area (Å²) in [4.78, 5) is 52.4. The van der Waals surface area contributed by atoms with Crippen LogP contribution in [-0.2, 0) is 23.7 Å². The number of hydrogen-bond donors (Lipinski definition) is 3. The Morgan fingerprint density at radius 1 is 1.10 bits per heavy atom. The fraction of sp³-hybridized carbons (Fsp3) is 0. The number of nitrogens with zero attached hydrogens (tertiary/aromatic N) is 2. The molecule has 0 radical (unpaired) electrons. The van der Waals surface area contributed by atoms with Gasteiger partial charge in [-0.25, -0.2) is 19.2 Å². The van der Waals surface area contributed by atoms with Crippen molar-refractivity contribution < 1.29 is 66.8 Å². The fourth-order valence-electron chi connectivity index (χ4n) is 0.0745. The van der Waals surface area contributed by atoms with E-state index < -0.39 is 19.8 Å². The van der Waals surface area contributed by atoms with E-state index in [0.717, 1.165) is 31.8 Å². The van der Waals surface area contributed by atoms with Gasteiger partial charge in [0, 0.05) is 9.83 Å². The molecule has 0 amide bonds. The van der Waals surface area contributed by atoms with Crippen LogP contribution in [0.5, 0.6) is 0 Å². The Bertz CT molecular complexity index is 410. The van der Waals surface area contributed by atoms with E-state index in [1.54, 1.807) is 0 Å². The van der Waals surface area contributed by atoms with E-state index in [-0.39, 0.29) is 18.9 Å². The molecule has 0 aromatic rings. The van der Waals surface area contributed by atoms with Crippen molar-refractivity contribution in [3.05, 3.63) is 0 Å². The summed E-state index contributed by atoms with van der Waals surface area (Å²) in [5, 5.41) is 14.8. The van der Waals surface area contributed by atoms with Gasteiger partial charge in [0.2, 0.25) is 12.2 Å². The number of carboxylic acid groups (broad SMARTS) is 2. The molecule has 0 saturated carbocycles. The van der Waals surface area contributed by atoms with Gasteiger partial charge in [-0.2, -0.15) is 4.20 Å². The second kappa shape index (κ2) is 19.4. The zero-order valence-electron chi connectivity index (χ0n) is 9.74. The molecule has 0 spiro atoms. The third-order valence-electron chi connectivity index (χ3n) is 0.393. The van der Waals surface area contributed by atoms with E-state index in [1.807, 2.05) is 0 Å². The van der Waals surface area contributed by atoms with Crippen molar-refractivity contribution in [1.82, 2.24) is 0 Å². The van der Waals surface area contributed by atoms with Gasteiger partial charge in [-0.1, -0.05) is 0 Å². The fourth-order valence-corrected chi connectivity index (χ4v) is 1.46. The molecule has 17 heteroatoms. The van der Waals surface area contributed by atoms with Crippen LogP contribution in [0.2, 0.25) is 0 Å². The maximum atomic E-state index is 10.2. The minimum absolute atomic E-state index is 0. The molecule has 0 aliphatic rings. The van der Waals surface area contributed by atoms with Gasteiger partial charge >= 0.3 is 38.7 Å². The van der Waals surface area contributed by atoms with Crippen molar-refractivity contribution >= 4 is 63.8 Å². The Balaban J connectivity index is -0.000000106. The molecule has 0 aliphatic heterocycles. The Hall–Kier alpha value is -0.573. The first-order chi connectivity index (χ1) is 9.06. The molecule has 0 aromatic heterocycles. The number of carbonyl (C=O) groups is 2. The third-order valence-corrected chi connectivity index (χ3v) is 2.72. The number of aliphatic carboxylic acids is 2. The van der Waals surface area contributed by atoms with Crippen molar-refractivity contribution in [2.24, 2.45) is 8.80 Å². The largest absolute Gasteiger partial charge is 1.00 e. The van der Waals surface area contributed by atoms with Crippen LogP contribution < -0.4 is 23.8 Å². The molecule has 0 fully saturated rings. The van der Waals surface area contributed by atoms with Crippen LogP contribution in [0.3, 0.4) is 0 Å². The van der Waals surface area contributed by atoms with Gasteiger partial charge in [0.15, 0.2) is 0 Å². The zero-order valence-corrected chi connectivity index (χ0v) is 13.1. The number of hydrogen-bond acceptors (Lipinski definition) is 11. The number of halogens is 1. The molecule has 1 unspecified atom stereocenters. The van der Waals surface area contributed by atoms with E-state index in [2.05, 4.69) is 8.80 Å². The van der Waals surface area contributed by atoms with E-state index in [0.29, 0.717) is 0 Å². The van der Waals surface area contributed by atoms with Gasteiger partial charge in [-0.3, -0.25) is 4.57 Å². The van der Waals surface area contributed by atoms with Crippen molar-refractivity contribution in [3.63, 3.8) is 0 Å². The summed E-state index contributed by atoms with van der Waals surface area (Å²) < 4.78 is 25.0. The summed E-state index contributed by atoms with van der Waals surface area (Å²) in [5.74, 6) is -3.65. The van der Waals surface area contributed by atoms with E-state index in [4.69, 9.17) is 34.2 Å². The molecule has 114 valence electrons. The molecule has 0 heterocycles. The second-order valence-electron chi connectivity index (χ2n) is 1.64. The summed E-state index contributed by atoms with van der Waals surface area (Å²) >= 11 is 0. The Morgan fingerprint density at radius 3 is 1.48 bits per heavy atom. The van der Waals surface area contributed by atoms with Crippen LogP contribution in [0.4, 0.5) is 4.20 Å².